The molecule has 2 aromatic carbocycles. The van der Waals surface area contributed by atoms with Gasteiger partial charge in [0.2, 0.25) is 0 Å². The Morgan fingerprint density at radius 1 is 0.909 bits per heavy atom. The lowest BCUT2D eigenvalue weighted by molar-refractivity contribution is 0.414. The molecule has 0 atom stereocenters. The quantitative estimate of drug-likeness (QED) is 0.387. The Morgan fingerprint density at radius 3 is 2.33 bits per heavy atom. The van der Waals surface area contributed by atoms with Gasteiger partial charge in [-0.05, 0) is 36.4 Å². The molecule has 0 aliphatic rings. The fraction of sp³-hybridized carbons (Fsp3) is 0.217. The molecule has 2 aromatic heterocycles. The van der Waals surface area contributed by atoms with Crippen LogP contribution in [-0.2, 0) is 19.8 Å². The fourth-order valence-corrected chi connectivity index (χ4v) is 4.36. The van der Waals surface area contributed by atoms with Gasteiger partial charge >= 0.3 is 5.69 Å². The molecule has 0 fully saturated rings. The van der Waals surface area contributed by atoms with E-state index in [1.165, 1.54) is 29.4 Å². The van der Waals surface area contributed by atoms with Crippen molar-refractivity contribution in [2.24, 2.45) is 14.1 Å². The SMILES string of the molecule is COc1ccc(-n2c(SCc3cc(=O)n(C)c(=O)n3C)nnc2-c2ccccc2OC)cc1. The summed E-state index contributed by atoms with van der Waals surface area (Å²) in [6.45, 7) is 0. The lowest BCUT2D eigenvalue weighted by Crippen LogP contribution is -2.37. The Morgan fingerprint density at radius 2 is 1.64 bits per heavy atom. The third-order valence-electron chi connectivity index (χ3n) is 5.29. The van der Waals surface area contributed by atoms with Gasteiger partial charge in [-0.2, -0.15) is 0 Å². The summed E-state index contributed by atoms with van der Waals surface area (Å²) in [6.07, 6.45) is 0. The van der Waals surface area contributed by atoms with E-state index in [-0.39, 0.29) is 11.2 Å². The van der Waals surface area contributed by atoms with Gasteiger partial charge in [-0.1, -0.05) is 23.9 Å². The molecular weight excluding hydrogens is 442 g/mol. The Hall–Kier alpha value is -3.79. The van der Waals surface area contributed by atoms with Crippen molar-refractivity contribution in [3.63, 3.8) is 0 Å². The summed E-state index contributed by atoms with van der Waals surface area (Å²) >= 11 is 1.38. The lowest BCUT2D eigenvalue weighted by atomic mass is 10.2. The van der Waals surface area contributed by atoms with Crippen molar-refractivity contribution in [3.8, 4) is 28.6 Å². The number of ether oxygens (including phenoxy) is 2. The average Bonchev–Trinajstić information content (AvgIpc) is 3.27. The van der Waals surface area contributed by atoms with Gasteiger partial charge in [-0.15, -0.1) is 10.2 Å². The first kappa shape index (κ1) is 22.4. The molecule has 0 N–H and O–H groups in total. The summed E-state index contributed by atoms with van der Waals surface area (Å²) in [5.74, 6) is 2.38. The van der Waals surface area contributed by atoms with Gasteiger partial charge in [0.05, 0.1) is 25.5 Å². The van der Waals surface area contributed by atoms with Crippen LogP contribution in [0.2, 0.25) is 0 Å². The second-order valence-electron chi connectivity index (χ2n) is 7.20. The van der Waals surface area contributed by atoms with Crippen LogP contribution >= 0.6 is 11.8 Å². The molecule has 0 saturated heterocycles. The summed E-state index contributed by atoms with van der Waals surface area (Å²) in [5, 5.41) is 9.46. The van der Waals surface area contributed by atoms with Crippen molar-refractivity contribution in [2.75, 3.05) is 14.2 Å². The minimum Gasteiger partial charge on any atom is -0.497 e. The van der Waals surface area contributed by atoms with E-state index in [1.807, 2.05) is 53.1 Å². The summed E-state index contributed by atoms with van der Waals surface area (Å²) in [4.78, 5) is 24.4. The number of methoxy groups -OCH3 is 2. The Bertz CT molecular complexity index is 1410. The minimum atomic E-state index is -0.371. The van der Waals surface area contributed by atoms with Crippen molar-refractivity contribution < 1.29 is 9.47 Å². The molecule has 0 unspecified atom stereocenters. The molecule has 4 rings (SSSR count). The normalized spacial score (nSPS) is 10.9. The summed E-state index contributed by atoms with van der Waals surface area (Å²) in [7, 11) is 6.33. The smallest absolute Gasteiger partial charge is 0.330 e. The maximum absolute atomic E-state index is 12.3. The number of rotatable bonds is 7. The number of hydrogen-bond acceptors (Lipinski definition) is 7. The standard InChI is InChI=1S/C23H23N5O4S/c1-26-16(13-20(29)27(2)23(26)30)14-33-22-25-24-21(18-7-5-6-8-19(18)32-4)28(22)15-9-11-17(31-3)12-10-15/h5-13H,14H2,1-4H3. The van der Waals surface area contributed by atoms with Crippen LogP contribution in [0.15, 0.2) is 69.3 Å². The van der Waals surface area contributed by atoms with Gasteiger partial charge < -0.3 is 9.47 Å². The number of para-hydroxylation sites is 1. The van der Waals surface area contributed by atoms with Crippen molar-refractivity contribution >= 4 is 11.8 Å². The maximum Gasteiger partial charge on any atom is 0.330 e. The Balaban J connectivity index is 1.80. The first-order valence-corrected chi connectivity index (χ1v) is 11.0. The van der Waals surface area contributed by atoms with E-state index in [1.54, 1.807) is 21.3 Å². The second-order valence-corrected chi connectivity index (χ2v) is 8.15. The zero-order valence-corrected chi connectivity index (χ0v) is 19.5. The molecule has 0 saturated carbocycles. The highest BCUT2D eigenvalue weighted by Crippen LogP contribution is 2.34. The minimum absolute atomic E-state index is 0.347. The average molecular weight is 466 g/mol. The highest BCUT2D eigenvalue weighted by molar-refractivity contribution is 7.98. The van der Waals surface area contributed by atoms with Crippen LogP contribution in [0.5, 0.6) is 11.5 Å². The Kier molecular flexibility index (Phi) is 6.36. The van der Waals surface area contributed by atoms with Crippen LogP contribution in [0, 0.1) is 0 Å². The van der Waals surface area contributed by atoms with E-state index in [4.69, 9.17) is 9.47 Å². The van der Waals surface area contributed by atoms with Gasteiger partial charge in [-0.3, -0.25) is 18.5 Å². The predicted molar refractivity (Wildman–Crippen MR) is 126 cm³/mol. The summed E-state index contributed by atoms with van der Waals surface area (Å²) in [5.41, 5.74) is 1.50. The molecule has 33 heavy (non-hydrogen) atoms. The summed E-state index contributed by atoms with van der Waals surface area (Å²) in [6, 6.07) is 16.6. The Labute approximate surface area is 194 Å². The maximum atomic E-state index is 12.3. The molecule has 2 heterocycles. The topological polar surface area (TPSA) is 93.2 Å². The molecule has 4 aromatic rings. The van der Waals surface area contributed by atoms with Gasteiger partial charge in [0.25, 0.3) is 5.56 Å². The van der Waals surface area contributed by atoms with Crippen LogP contribution in [0.1, 0.15) is 5.69 Å². The molecule has 10 heteroatoms. The number of hydrogen-bond donors (Lipinski definition) is 0. The van der Waals surface area contributed by atoms with Crippen molar-refractivity contribution in [3.05, 3.63) is 81.1 Å². The third-order valence-corrected chi connectivity index (χ3v) is 6.25. The van der Waals surface area contributed by atoms with E-state index in [0.717, 1.165) is 21.6 Å². The highest BCUT2D eigenvalue weighted by atomic mass is 32.2. The zero-order chi connectivity index (χ0) is 23.5. The van der Waals surface area contributed by atoms with Gasteiger partial charge in [0.1, 0.15) is 11.5 Å². The van der Waals surface area contributed by atoms with Crippen LogP contribution in [0.3, 0.4) is 0 Å². The van der Waals surface area contributed by atoms with Crippen LogP contribution < -0.4 is 20.7 Å². The predicted octanol–water partition coefficient (Wildman–Crippen LogP) is 2.64. The molecule has 0 spiro atoms. The monoisotopic (exact) mass is 465 g/mol. The fourth-order valence-electron chi connectivity index (χ4n) is 3.39. The zero-order valence-electron chi connectivity index (χ0n) is 18.7. The van der Waals surface area contributed by atoms with Crippen LogP contribution in [-0.4, -0.2) is 38.1 Å². The van der Waals surface area contributed by atoms with E-state index >= 15 is 0 Å². The third kappa shape index (κ3) is 4.29. The molecule has 9 nitrogen and oxygen atoms in total. The second kappa shape index (κ2) is 9.37. The molecule has 0 bridgehead atoms. The molecule has 170 valence electrons. The van der Waals surface area contributed by atoms with E-state index in [0.29, 0.717) is 28.2 Å². The number of benzene rings is 2. The van der Waals surface area contributed by atoms with Gasteiger partial charge in [0, 0.05) is 31.6 Å². The first-order valence-electron chi connectivity index (χ1n) is 10.1. The van der Waals surface area contributed by atoms with Crippen LogP contribution in [0.25, 0.3) is 17.1 Å². The molecule has 0 amide bonds. The molecule has 0 aliphatic heterocycles. The van der Waals surface area contributed by atoms with Crippen LogP contribution in [0.4, 0.5) is 0 Å². The highest BCUT2D eigenvalue weighted by Gasteiger charge is 2.19. The lowest BCUT2D eigenvalue weighted by Gasteiger charge is -2.13. The van der Waals surface area contributed by atoms with Crippen molar-refractivity contribution in [2.45, 2.75) is 10.9 Å². The number of thioether (sulfide) groups is 1. The van der Waals surface area contributed by atoms with Crippen molar-refractivity contribution in [1.82, 2.24) is 23.9 Å². The number of aromatic nitrogens is 5. The van der Waals surface area contributed by atoms with Gasteiger partial charge in [-0.25, -0.2) is 4.79 Å². The molecule has 0 aliphatic carbocycles. The van der Waals surface area contributed by atoms with E-state index < -0.39 is 0 Å². The van der Waals surface area contributed by atoms with E-state index in [2.05, 4.69) is 10.2 Å². The first-order chi connectivity index (χ1) is 15.9. The van der Waals surface area contributed by atoms with Gasteiger partial charge in [0.15, 0.2) is 11.0 Å². The van der Waals surface area contributed by atoms with E-state index in [9.17, 15) is 9.59 Å². The molecular formula is C23H23N5O4S. The number of nitrogens with zero attached hydrogens (tertiary/aromatic N) is 5. The van der Waals surface area contributed by atoms with Crippen molar-refractivity contribution in [1.29, 1.82) is 0 Å². The molecule has 0 radical (unpaired) electrons. The summed E-state index contributed by atoms with van der Waals surface area (Å²) < 4.78 is 15.3. The largest absolute Gasteiger partial charge is 0.497 e.